The SMILES string of the molecule is CSc1cn(-c2ncc(-c3cc(C#N)ccn3)cn2)c2cc(C(=O)N3CCOCC3)ccc12.O. The second-order valence-corrected chi connectivity index (χ2v) is 8.37. The maximum absolute atomic E-state index is 13.0. The van der Waals surface area contributed by atoms with Gasteiger partial charge >= 0.3 is 0 Å². The van der Waals surface area contributed by atoms with Gasteiger partial charge in [0.05, 0.1) is 36.1 Å². The number of carbonyl (C=O) groups excluding carboxylic acids is 1. The monoisotopic (exact) mass is 474 g/mol. The molecule has 5 rings (SSSR count). The lowest BCUT2D eigenvalue weighted by molar-refractivity contribution is 0.0303. The molecular weight excluding hydrogens is 452 g/mol. The van der Waals surface area contributed by atoms with E-state index in [0.717, 1.165) is 21.4 Å². The highest BCUT2D eigenvalue weighted by molar-refractivity contribution is 7.98. The van der Waals surface area contributed by atoms with Gasteiger partial charge in [-0.05, 0) is 30.5 Å². The van der Waals surface area contributed by atoms with Crippen LogP contribution >= 0.6 is 11.8 Å². The number of hydrogen-bond acceptors (Lipinski definition) is 7. The molecule has 34 heavy (non-hydrogen) atoms. The lowest BCUT2D eigenvalue weighted by atomic mass is 10.1. The van der Waals surface area contributed by atoms with Gasteiger partial charge in [-0.3, -0.25) is 14.3 Å². The van der Waals surface area contributed by atoms with Gasteiger partial charge in [-0.1, -0.05) is 6.07 Å². The van der Waals surface area contributed by atoms with Crippen LogP contribution in [0.4, 0.5) is 0 Å². The number of thioether (sulfide) groups is 1. The summed E-state index contributed by atoms with van der Waals surface area (Å²) in [5.74, 6) is 0.495. The molecule has 0 atom stereocenters. The molecule has 0 radical (unpaired) electrons. The maximum atomic E-state index is 13.0. The number of carbonyl (C=O) groups is 1. The summed E-state index contributed by atoms with van der Waals surface area (Å²) in [5, 5.41) is 10.2. The molecule has 172 valence electrons. The number of nitriles is 1. The molecule has 4 heterocycles. The highest BCUT2D eigenvalue weighted by Gasteiger charge is 2.20. The Labute approximate surface area is 200 Å². The summed E-state index contributed by atoms with van der Waals surface area (Å²) in [6.07, 6.45) is 8.99. The largest absolute Gasteiger partial charge is 0.412 e. The molecule has 4 aromatic rings. The van der Waals surface area contributed by atoms with Crippen LogP contribution in [0.15, 0.2) is 60.0 Å². The number of nitrogens with zero attached hydrogens (tertiary/aromatic N) is 6. The molecule has 0 aliphatic carbocycles. The van der Waals surface area contributed by atoms with E-state index in [-0.39, 0.29) is 11.4 Å². The molecule has 2 N–H and O–H groups in total. The number of rotatable bonds is 4. The minimum Gasteiger partial charge on any atom is -0.412 e. The standard InChI is InChI=1S/C24H20N6O2S.H2O/c1-33-22-15-30(24-27-13-18(14-28-24)20-10-16(12-25)4-5-26-20)21-11-17(2-3-19(21)22)23(31)29-6-8-32-9-7-29;/h2-5,10-11,13-15H,6-9H2,1H3;1H2. The zero-order valence-corrected chi connectivity index (χ0v) is 19.2. The Morgan fingerprint density at radius 2 is 1.88 bits per heavy atom. The van der Waals surface area contributed by atoms with E-state index in [1.54, 1.807) is 42.5 Å². The fourth-order valence-corrected chi connectivity index (χ4v) is 4.45. The van der Waals surface area contributed by atoms with E-state index in [2.05, 4.69) is 21.0 Å². The first kappa shape index (κ1) is 23.4. The quantitative estimate of drug-likeness (QED) is 0.416. The van der Waals surface area contributed by atoms with Crippen molar-refractivity contribution in [2.45, 2.75) is 4.90 Å². The van der Waals surface area contributed by atoms with E-state index in [0.29, 0.717) is 49.1 Å². The number of pyridine rings is 1. The van der Waals surface area contributed by atoms with Crippen LogP contribution in [0.5, 0.6) is 0 Å². The van der Waals surface area contributed by atoms with Crippen molar-refractivity contribution in [3.8, 4) is 23.3 Å². The van der Waals surface area contributed by atoms with Crippen molar-refractivity contribution in [3.63, 3.8) is 0 Å². The average molecular weight is 475 g/mol. The van der Waals surface area contributed by atoms with Gasteiger partial charge in [0.1, 0.15) is 0 Å². The van der Waals surface area contributed by atoms with Gasteiger partial charge in [-0.2, -0.15) is 5.26 Å². The molecule has 3 aromatic heterocycles. The lowest BCUT2D eigenvalue weighted by Crippen LogP contribution is -2.40. The normalized spacial score (nSPS) is 13.4. The molecule has 1 amide bonds. The number of hydrogen-bond donors (Lipinski definition) is 0. The molecule has 10 heteroatoms. The van der Waals surface area contributed by atoms with Gasteiger partial charge in [-0.15, -0.1) is 11.8 Å². The fourth-order valence-electron chi connectivity index (χ4n) is 3.84. The Morgan fingerprint density at radius 3 is 2.59 bits per heavy atom. The number of aromatic nitrogens is 4. The molecule has 1 aliphatic rings. The molecule has 1 fully saturated rings. The van der Waals surface area contributed by atoms with Crippen LogP contribution in [0.3, 0.4) is 0 Å². The minimum absolute atomic E-state index is 0. The zero-order valence-electron chi connectivity index (χ0n) is 18.4. The van der Waals surface area contributed by atoms with Crippen LogP contribution in [0.1, 0.15) is 15.9 Å². The molecule has 1 saturated heterocycles. The molecular formula is C24H22N6O3S. The molecule has 0 spiro atoms. The van der Waals surface area contributed by atoms with Crippen LogP contribution in [-0.2, 0) is 4.74 Å². The molecule has 0 saturated carbocycles. The third kappa shape index (κ3) is 4.36. The summed E-state index contributed by atoms with van der Waals surface area (Å²) >= 11 is 1.63. The number of fused-ring (bicyclic) bond motifs is 1. The van der Waals surface area contributed by atoms with Gasteiger partial charge in [0.15, 0.2) is 0 Å². The number of morpholine rings is 1. The molecule has 1 aromatic carbocycles. The van der Waals surface area contributed by atoms with E-state index in [4.69, 9.17) is 10.00 Å². The second kappa shape index (κ2) is 10.0. The van der Waals surface area contributed by atoms with Crippen molar-refractivity contribution >= 4 is 28.6 Å². The predicted octanol–water partition coefficient (Wildman–Crippen LogP) is 2.72. The van der Waals surface area contributed by atoms with Gasteiger partial charge < -0.3 is 15.1 Å². The number of benzene rings is 1. The molecule has 1 aliphatic heterocycles. The second-order valence-electron chi connectivity index (χ2n) is 7.52. The summed E-state index contributed by atoms with van der Waals surface area (Å²) in [6, 6.07) is 11.2. The Balaban J connectivity index is 0.00000274. The van der Waals surface area contributed by atoms with E-state index < -0.39 is 0 Å². The summed E-state index contributed by atoms with van der Waals surface area (Å²) in [5.41, 5.74) is 3.39. The Hall–Kier alpha value is -3.78. The Kier molecular flexibility index (Phi) is 6.88. The fraction of sp³-hybridized carbons (Fsp3) is 0.208. The number of amides is 1. The highest BCUT2D eigenvalue weighted by atomic mass is 32.2. The summed E-state index contributed by atoms with van der Waals surface area (Å²) in [7, 11) is 0. The van der Waals surface area contributed by atoms with E-state index in [1.165, 1.54) is 0 Å². The van der Waals surface area contributed by atoms with Crippen molar-refractivity contribution in [2.75, 3.05) is 32.6 Å². The van der Waals surface area contributed by atoms with Crippen molar-refractivity contribution in [1.82, 2.24) is 24.4 Å². The average Bonchev–Trinajstić information content (AvgIpc) is 3.27. The summed E-state index contributed by atoms with van der Waals surface area (Å²) in [6.45, 7) is 2.32. The summed E-state index contributed by atoms with van der Waals surface area (Å²) < 4.78 is 7.27. The Morgan fingerprint density at radius 1 is 1.12 bits per heavy atom. The van der Waals surface area contributed by atoms with Gasteiger partial charge in [0.25, 0.3) is 5.91 Å². The lowest BCUT2D eigenvalue weighted by Gasteiger charge is -2.26. The molecule has 0 unspecified atom stereocenters. The first-order valence-electron chi connectivity index (χ1n) is 10.4. The zero-order chi connectivity index (χ0) is 22.8. The van der Waals surface area contributed by atoms with Gasteiger partial charge in [0, 0.05) is 59.3 Å². The van der Waals surface area contributed by atoms with Gasteiger partial charge in [-0.25, -0.2) is 9.97 Å². The van der Waals surface area contributed by atoms with Crippen LogP contribution in [0, 0.1) is 11.3 Å². The van der Waals surface area contributed by atoms with Crippen molar-refractivity contribution in [3.05, 3.63) is 66.2 Å². The van der Waals surface area contributed by atoms with E-state index in [9.17, 15) is 4.79 Å². The first-order valence-corrected chi connectivity index (χ1v) is 11.7. The van der Waals surface area contributed by atoms with Crippen molar-refractivity contribution < 1.29 is 15.0 Å². The van der Waals surface area contributed by atoms with Crippen LogP contribution in [0.25, 0.3) is 28.1 Å². The maximum Gasteiger partial charge on any atom is 0.254 e. The molecule has 9 nitrogen and oxygen atoms in total. The van der Waals surface area contributed by atoms with Crippen LogP contribution < -0.4 is 0 Å². The number of ether oxygens (including phenoxy) is 1. The third-order valence-corrected chi connectivity index (χ3v) is 6.34. The molecule has 0 bridgehead atoms. The van der Waals surface area contributed by atoms with E-state index >= 15 is 0 Å². The van der Waals surface area contributed by atoms with Gasteiger partial charge in [0.2, 0.25) is 5.95 Å². The smallest absolute Gasteiger partial charge is 0.254 e. The first-order chi connectivity index (χ1) is 16.2. The highest BCUT2D eigenvalue weighted by Crippen LogP contribution is 2.31. The third-order valence-electron chi connectivity index (χ3n) is 5.57. The minimum atomic E-state index is -0.00151. The Bertz CT molecular complexity index is 1370. The van der Waals surface area contributed by atoms with Crippen LogP contribution in [0.2, 0.25) is 0 Å². The van der Waals surface area contributed by atoms with Crippen molar-refractivity contribution in [2.24, 2.45) is 0 Å². The van der Waals surface area contributed by atoms with E-state index in [1.807, 2.05) is 40.1 Å². The summed E-state index contributed by atoms with van der Waals surface area (Å²) in [4.78, 5) is 29.3. The predicted molar refractivity (Wildman–Crippen MR) is 129 cm³/mol. The van der Waals surface area contributed by atoms with Crippen LogP contribution in [-0.4, -0.2) is 68.4 Å². The van der Waals surface area contributed by atoms with Crippen molar-refractivity contribution in [1.29, 1.82) is 5.26 Å². The topological polar surface area (TPSA) is 128 Å².